The Hall–Kier alpha value is -1.88. The fraction of sp³-hybridized carbons (Fsp3) is 0.429. The fourth-order valence-corrected chi connectivity index (χ4v) is 1.54. The average molecular weight is 264 g/mol. The average Bonchev–Trinajstić information content (AvgIpc) is 2.42. The molecule has 0 saturated carbocycles. The molecule has 2 amide bonds. The van der Waals surface area contributed by atoms with E-state index in [2.05, 4.69) is 10.6 Å². The number of carbonyl (C=O) groups is 2. The molecule has 0 heterocycles. The van der Waals surface area contributed by atoms with Crippen molar-refractivity contribution in [3.05, 3.63) is 35.9 Å². The third kappa shape index (κ3) is 5.09. The molecule has 0 aliphatic carbocycles. The molecule has 0 radical (unpaired) electrons. The van der Waals surface area contributed by atoms with Gasteiger partial charge in [0.05, 0.1) is 6.10 Å². The van der Waals surface area contributed by atoms with E-state index in [-0.39, 0.29) is 24.5 Å². The fourth-order valence-electron chi connectivity index (χ4n) is 1.54. The lowest BCUT2D eigenvalue weighted by Crippen LogP contribution is -2.40. The van der Waals surface area contributed by atoms with Gasteiger partial charge in [-0.15, -0.1) is 0 Å². The molecule has 1 aromatic rings. The van der Waals surface area contributed by atoms with Gasteiger partial charge in [-0.2, -0.15) is 0 Å². The third-order valence-electron chi connectivity index (χ3n) is 2.49. The molecule has 0 fully saturated rings. The Bertz CT molecular complexity index is 418. The van der Waals surface area contributed by atoms with Gasteiger partial charge in [-0.25, -0.2) is 0 Å². The summed E-state index contributed by atoms with van der Waals surface area (Å²) in [5.74, 6) is -0.574. The highest BCUT2D eigenvalue weighted by Crippen LogP contribution is 2.12. The molecule has 0 unspecified atom stereocenters. The van der Waals surface area contributed by atoms with Crippen LogP contribution in [0.25, 0.3) is 0 Å². The molecule has 1 rings (SSSR count). The second-order valence-electron chi connectivity index (χ2n) is 4.39. The highest BCUT2D eigenvalue weighted by Gasteiger charge is 2.21. The van der Waals surface area contributed by atoms with Gasteiger partial charge in [0.15, 0.2) is 0 Å². The van der Waals surface area contributed by atoms with Gasteiger partial charge in [0.25, 0.3) is 0 Å². The Kier molecular flexibility index (Phi) is 6.02. The van der Waals surface area contributed by atoms with Crippen LogP contribution in [0.15, 0.2) is 30.3 Å². The summed E-state index contributed by atoms with van der Waals surface area (Å²) in [5.41, 5.74) is 0.736. The SMILES string of the molecule is CNC(=O)[C@@H](NC(=O)COC(C)C)c1ccccc1. The van der Waals surface area contributed by atoms with E-state index in [1.165, 1.54) is 7.05 Å². The van der Waals surface area contributed by atoms with Crippen molar-refractivity contribution in [1.82, 2.24) is 10.6 Å². The molecule has 0 saturated heterocycles. The Morgan fingerprint density at radius 2 is 1.84 bits per heavy atom. The predicted molar refractivity (Wildman–Crippen MR) is 72.5 cm³/mol. The zero-order valence-corrected chi connectivity index (χ0v) is 11.5. The quantitative estimate of drug-likeness (QED) is 0.806. The monoisotopic (exact) mass is 264 g/mol. The molecule has 0 aromatic heterocycles. The van der Waals surface area contributed by atoms with E-state index in [4.69, 9.17) is 4.74 Å². The van der Waals surface area contributed by atoms with Crippen LogP contribution in [0, 0.1) is 0 Å². The maximum Gasteiger partial charge on any atom is 0.246 e. The summed E-state index contributed by atoms with van der Waals surface area (Å²) in [6.45, 7) is 3.64. The second kappa shape index (κ2) is 7.53. The van der Waals surface area contributed by atoms with Crippen molar-refractivity contribution in [3.63, 3.8) is 0 Å². The van der Waals surface area contributed by atoms with E-state index in [9.17, 15) is 9.59 Å². The highest BCUT2D eigenvalue weighted by atomic mass is 16.5. The minimum absolute atomic E-state index is 0.0269. The Balaban J connectivity index is 2.71. The lowest BCUT2D eigenvalue weighted by atomic mass is 10.1. The van der Waals surface area contributed by atoms with Crippen molar-refractivity contribution < 1.29 is 14.3 Å². The molecule has 1 aromatic carbocycles. The summed E-state index contributed by atoms with van der Waals surface area (Å²) in [4.78, 5) is 23.6. The molecular formula is C14H20N2O3. The normalized spacial score (nSPS) is 12.0. The van der Waals surface area contributed by atoms with Gasteiger partial charge in [0.1, 0.15) is 12.6 Å². The zero-order valence-electron chi connectivity index (χ0n) is 11.5. The number of amides is 2. The number of rotatable bonds is 6. The smallest absolute Gasteiger partial charge is 0.246 e. The molecule has 1 atom stereocenters. The maximum absolute atomic E-state index is 11.8. The van der Waals surface area contributed by atoms with Gasteiger partial charge in [-0.05, 0) is 19.4 Å². The molecule has 0 bridgehead atoms. The standard InChI is InChI=1S/C14H20N2O3/c1-10(2)19-9-12(17)16-13(14(18)15-3)11-7-5-4-6-8-11/h4-8,10,13H,9H2,1-3H3,(H,15,18)(H,16,17)/t13-/m0/s1. The van der Waals surface area contributed by atoms with Crippen LogP contribution in [0.3, 0.4) is 0 Å². The van der Waals surface area contributed by atoms with Gasteiger partial charge >= 0.3 is 0 Å². The van der Waals surface area contributed by atoms with Crippen molar-refractivity contribution in [2.24, 2.45) is 0 Å². The number of likely N-dealkylation sites (N-methyl/N-ethyl adjacent to an activating group) is 1. The van der Waals surface area contributed by atoms with Crippen LogP contribution in [-0.2, 0) is 14.3 Å². The number of carbonyl (C=O) groups excluding carboxylic acids is 2. The van der Waals surface area contributed by atoms with Gasteiger partial charge in [-0.1, -0.05) is 30.3 Å². The summed E-state index contributed by atoms with van der Waals surface area (Å²) < 4.78 is 5.21. The molecule has 19 heavy (non-hydrogen) atoms. The minimum atomic E-state index is -0.700. The van der Waals surface area contributed by atoms with Crippen molar-refractivity contribution in [1.29, 1.82) is 0 Å². The number of benzene rings is 1. The van der Waals surface area contributed by atoms with E-state index in [1.807, 2.05) is 32.0 Å². The van der Waals surface area contributed by atoms with E-state index in [1.54, 1.807) is 12.1 Å². The summed E-state index contributed by atoms with van der Waals surface area (Å²) in [5, 5.41) is 5.20. The maximum atomic E-state index is 11.8. The van der Waals surface area contributed by atoms with Crippen LogP contribution >= 0.6 is 0 Å². The first-order chi connectivity index (χ1) is 9.04. The summed E-state index contributed by atoms with van der Waals surface area (Å²) >= 11 is 0. The van der Waals surface area contributed by atoms with Crippen LogP contribution in [0.1, 0.15) is 25.5 Å². The molecule has 5 heteroatoms. The topological polar surface area (TPSA) is 67.4 Å². The molecule has 0 aliphatic heterocycles. The lowest BCUT2D eigenvalue weighted by Gasteiger charge is -2.18. The predicted octanol–water partition coefficient (Wildman–Crippen LogP) is 1.01. The van der Waals surface area contributed by atoms with Crippen molar-refractivity contribution in [2.45, 2.75) is 26.0 Å². The van der Waals surface area contributed by atoms with Gasteiger partial charge < -0.3 is 15.4 Å². The number of nitrogens with one attached hydrogen (secondary N) is 2. The van der Waals surface area contributed by atoms with Crippen LogP contribution in [0.5, 0.6) is 0 Å². The highest BCUT2D eigenvalue weighted by molar-refractivity contribution is 5.88. The molecule has 5 nitrogen and oxygen atoms in total. The molecule has 0 spiro atoms. The Morgan fingerprint density at radius 1 is 1.21 bits per heavy atom. The first-order valence-corrected chi connectivity index (χ1v) is 6.22. The molecular weight excluding hydrogens is 244 g/mol. The second-order valence-corrected chi connectivity index (χ2v) is 4.39. The van der Waals surface area contributed by atoms with Crippen LogP contribution in [0.4, 0.5) is 0 Å². The van der Waals surface area contributed by atoms with E-state index < -0.39 is 6.04 Å². The van der Waals surface area contributed by atoms with Gasteiger partial charge in [0, 0.05) is 7.05 Å². The number of ether oxygens (including phenoxy) is 1. The first-order valence-electron chi connectivity index (χ1n) is 6.22. The Labute approximate surface area is 113 Å². The summed E-state index contributed by atoms with van der Waals surface area (Å²) in [7, 11) is 1.54. The largest absolute Gasteiger partial charge is 0.369 e. The zero-order chi connectivity index (χ0) is 14.3. The Morgan fingerprint density at radius 3 is 2.37 bits per heavy atom. The number of hydrogen-bond acceptors (Lipinski definition) is 3. The van der Waals surface area contributed by atoms with Crippen LogP contribution in [0.2, 0.25) is 0 Å². The lowest BCUT2D eigenvalue weighted by molar-refractivity contribution is -0.132. The third-order valence-corrected chi connectivity index (χ3v) is 2.49. The van der Waals surface area contributed by atoms with Gasteiger partial charge in [-0.3, -0.25) is 9.59 Å². The summed E-state index contributed by atoms with van der Waals surface area (Å²) in [6, 6.07) is 8.39. The first kappa shape index (κ1) is 15.2. The van der Waals surface area contributed by atoms with Gasteiger partial charge in [0.2, 0.25) is 11.8 Å². The number of hydrogen-bond donors (Lipinski definition) is 2. The molecule has 0 aliphatic rings. The van der Waals surface area contributed by atoms with E-state index >= 15 is 0 Å². The van der Waals surface area contributed by atoms with Crippen LogP contribution < -0.4 is 10.6 Å². The molecule has 2 N–H and O–H groups in total. The van der Waals surface area contributed by atoms with Crippen molar-refractivity contribution in [2.75, 3.05) is 13.7 Å². The van der Waals surface area contributed by atoms with E-state index in [0.29, 0.717) is 0 Å². The van der Waals surface area contributed by atoms with E-state index in [0.717, 1.165) is 5.56 Å². The van der Waals surface area contributed by atoms with Crippen molar-refractivity contribution in [3.8, 4) is 0 Å². The summed E-state index contributed by atoms with van der Waals surface area (Å²) in [6.07, 6.45) is -0.0269. The van der Waals surface area contributed by atoms with Crippen molar-refractivity contribution >= 4 is 11.8 Å². The minimum Gasteiger partial charge on any atom is -0.369 e. The van der Waals surface area contributed by atoms with Crippen LogP contribution in [-0.4, -0.2) is 31.6 Å². The molecule has 104 valence electrons.